The molecule has 0 bridgehead atoms. The number of nitrogens with zero attached hydrogens (tertiary/aromatic N) is 5. The number of rotatable bonds is 3. The predicted octanol–water partition coefficient (Wildman–Crippen LogP) is 3.74. The lowest BCUT2D eigenvalue weighted by Gasteiger charge is -2.22. The summed E-state index contributed by atoms with van der Waals surface area (Å²) in [6, 6.07) is 2.27. The van der Waals surface area contributed by atoms with E-state index in [0.717, 1.165) is 60.5 Å². The van der Waals surface area contributed by atoms with Crippen LogP contribution in [0.1, 0.15) is 23.9 Å². The lowest BCUT2D eigenvalue weighted by molar-refractivity contribution is 0.798. The summed E-state index contributed by atoms with van der Waals surface area (Å²) in [6.07, 6.45) is 3.88. The van der Waals surface area contributed by atoms with Crippen molar-refractivity contribution in [2.24, 2.45) is 0 Å². The molecule has 0 amide bonds. The van der Waals surface area contributed by atoms with E-state index < -0.39 is 0 Å². The Bertz CT molecular complexity index is 840. The molecule has 0 atom stereocenters. The van der Waals surface area contributed by atoms with E-state index in [9.17, 15) is 0 Å². The molecule has 24 heavy (non-hydrogen) atoms. The number of hydrogen-bond donors (Lipinski definition) is 0. The lowest BCUT2D eigenvalue weighted by Crippen LogP contribution is -2.31. The molecule has 4 rings (SSSR count). The van der Waals surface area contributed by atoms with Crippen LogP contribution in [0.15, 0.2) is 17.8 Å². The molecule has 1 fully saturated rings. The Morgan fingerprint density at radius 2 is 1.96 bits per heavy atom. The average molecular weight is 360 g/mol. The van der Waals surface area contributed by atoms with Gasteiger partial charge < -0.3 is 9.80 Å². The molecule has 0 N–H and O–H groups in total. The van der Waals surface area contributed by atoms with Gasteiger partial charge in [0.05, 0.1) is 11.1 Å². The summed E-state index contributed by atoms with van der Waals surface area (Å²) >= 11 is 3.53. The highest BCUT2D eigenvalue weighted by molar-refractivity contribution is 7.18. The first-order valence-corrected chi connectivity index (χ1v) is 10.1. The van der Waals surface area contributed by atoms with Gasteiger partial charge in [-0.2, -0.15) is 0 Å². The van der Waals surface area contributed by atoms with Crippen LogP contribution in [0.4, 0.5) is 10.9 Å². The minimum atomic E-state index is 0.974. The van der Waals surface area contributed by atoms with Crippen LogP contribution in [0.2, 0.25) is 0 Å². The van der Waals surface area contributed by atoms with Crippen molar-refractivity contribution in [3.05, 3.63) is 28.3 Å². The zero-order valence-electron chi connectivity index (χ0n) is 14.0. The molecule has 0 spiro atoms. The highest BCUT2D eigenvalue weighted by Crippen LogP contribution is 2.31. The lowest BCUT2D eigenvalue weighted by atomic mass is 10.3. The summed E-state index contributed by atoms with van der Waals surface area (Å²) in [4.78, 5) is 21.0. The quantitative estimate of drug-likeness (QED) is 0.713. The topological polar surface area (TPSA) is 45.2 Å². The van der Waals surface area contributed by atoms with Gasteiger partial charge in [0.15, 0.2) is 5.13 Å². The van der Waals surface area contributed by atoms with Gasteiger partial charge in [0.25, 0.3) is 0 Å². The molecule has 0 aliphatic carbocycles. The third-order valence-electron chi connectivity index (χ3n) is 4.38. The summed E-state index contributed by atoms with van der Waals surface area (Å²) in [7, 11) is 0. The maximum Gasteiger partial charge on any atom is 0.185 e. The number of aryl methyl sites for hydroxylation is 2. The van der Waals surface area contributed by atoms with Crippen molar-refractivity contribution in [1.82, 2.24) is 15.0 Å². The first-order chi connectivity index (χ1) is 11.7. The van der Waals surface area contributed by atoms with Gasteiger partial charge in [-0.15, -0.1) is 22.7 Å². The Morgan fingerprint density at radius 3 is 2.75 bits per heavy atom. The molecule has 0 saturated carbocycles. The molecule has 1 aliphatic heterocycles. The second-order valence-electron chi connectivity index (χ2n) is 6.08. The standard InChI is InChI=1S/C17H21N5S2/c1-3-13-9-14-15(18-11-19-16(14)24-13)21-5-4-6-22(8-7-21)17-20-12(2)10-23-17/h9-11H,3-8H2,1-2H3. The Labute approximate surface area is 150 Å². The zero-order chi connectivity index (χ0) is 16.5. The van der Waals surface area contributed by atoms with E-state index in [2.05, 4.69) is 50.0 Å². The Hall–Kier alpha value is -1.73. The van der Waals surface area contributed by atoms with E-state index in [1.807, 2.05) is 0 Å². The summed E-state index contributed by atoms with van der Waals surface area (Å²) < 4.78 is 0. The van der Waals surface area contributed by atoms with E-state index in [-0.39, 0.29) is 0 Å². The van der Waals surface area contributed by atoms with Crippen molar-refractivity contribution in [2.45, 2.75) is 26.7 Å². The van der Waals surface area contributed by atoms with E-state index in [4.69, 9.17) is 0 Å². The fraction of sp³-hybridized carbons (Fsp3) is 0.471. The molecule has 1 saturated heterocycles. The smallest absolute Gasteiger partial charge is 0.185 e. The molecule has 0 radical (unpaired) electrons. The number of hydrogen-bond acceptors (Lipinski definition) is 7. The van der Waals surface area contributed by atoms with Crippen molar-refractivity contribution in [1.29, 1.82) is 0 Å². The Morgan fingerprint density at radius 1 is 1.12 bits per heavy atom. The van der Waals surface area contributed by atoms with Crippen LogP contribution in [0.25, 0.3) is 10.2 Å². The van der Waals surface area contributed by atoms with Crippen LogP contribution in [0.3, 0.4) is 0 Å². The van der Waals surface area contributed by atoms with E-state index in [1.165, 1.54) is 10.3 Å². The van der Waals surface area contributed by atoms with Crippen LogP contribution in [0, 0.1) is 6.92 Å². The van der Waals surface area contributed by atoms with Gasteiger partial charge in [0.2, 0.25) is 0 Å². The van der Waals surface area contributed by atoms with Crippen LogP contribution in [0.5, 0.6) is 0 Å². The highest BCUT2D eigenvalue weighted by atomic mass is 32.1. The molecule has 7 heteroatoms. The van der Waals surface area contributed by atoms with Gasteiger partial charge in [-0.1, -0.05) is 6.92 Å². The molecule has 3 aromatic heterocycles. The Kier molecular flexibility index (Phi) is 4.37. The maximum absolute atomic E-state index is 4.64. The molecule has 0 unspecified atom stereocenters. The van der Waals surface area contributed by atoms with E-state index in [1.54, 1.807) is 29.0 Å². The van der Waals surface area contributed by atoms with Crippen LogP contribution < -0.4 is 9.80 Å². The van der Waals surface area contributed by atoms with Crippen molar-refractivity contribution < 1.29 is 0 Å². The van der Waals surface area contributed by atoms with Crippen LogP contribution >= 0.6 is 22.7 Å². The van der Waals surface area contributed by atoms with Crippen molar-refractivity contribution >= 4 is 43.8 Å². The first kappa shape index (κ1) is 15.8. The predicted molar refractivity (Wildman–Crippen MR) is 103 cm³/mol. The molecular weight excluding hydrogens is 338 g/mol. The molecule has 0 aromatic carbocycles. The average Bonchev–Trinajstić information content (AvgIpc) is 3.14. The summed E-state index contributed by atoms with van der Waals surface area (Å²) in [6.45, 7) is 8.30. The summed E-state index contributed by atoms with van der Waals surface area (Å²) in [5.41, 5.74) is 1.11. The third kappa shape index (κ3) is 2.98. The summed E-state index contributed by atoms with van der Waals surface area (Å²) in [5.74, 6) is 1.09. The minimum Gasteiger partial charge on any atom is -0.354 e. The second kappa shape index (κ2) is 6.64. The number of thiophene rings is 1. The third-order valence-corrected chi connectivity index (χ3v) is 6.59. The zero-order valence-corrected chi connectivity index (χ0v) is 15.7. The van der Waals surface area contributed by atoms with Gasteiger partial charge in [-0.05, 0) is 25.8 Å². The largest absolute Gasteiger partial charge is 0.354 e. The molecule has 1 aliphatic rings. The number of thiazole rings is 1. The SMILES string of the molecule is CCc1cc2c(N3CCCN(c4nc(C)cs4)CC3)ncnc2s1. The number of anilines is 2. The van der Waals surface area contributed by atoms with Gasteiger partial charge in [-0.25, -0.2) is 15.0 Å². The molecule has 126 valence electrons. The number of aromatic nitrogens is 3. The summed E-state index contributed by atoms with van der Waals surface area (Å²) in [5, 5.41) is 4.48. The highest BCUT2D eigenvalue weighted by Gasteiger charge is 2.20. The molecule has 5 nitrogen and oxygen atoms in total. The van der Waals surface area contributed by atoms with Gasteiger partial charge in [0, 0.05) is 36.4 Å². The molecule has 3 aromatic rings. The monoisotopic (exact) mass is 359 g/mol. The van der Waals surface area contributed by atoms with Crippen LogP contribution in [-0.2, 0) is 6.42 Å². The van der Waals surface area contributed by atoms with Crippen LogP contribution in [-0.4, -0.2) is 41.1 Å². The number of fused-ring (bicyclic) bond motifs is 1. The van der Waals surface area contributed by atoms with E-state index >= 15 is 0 Å². The first-order valence-electron chi connectivity index (χ1n) is 8.40. The van der Waals surface area contributed by atoms with E-state index in [0.29, 0.717) is 0 Å². The fourth-order valence-corrected chi connectivity index (χ4v) is 4.91. The van der Waals surface area contributed by atoms with Gasteiger partial charge in [-0.3, -0.25) is 0 Å². The van der Waals surface area contributed by atoms with Gasteiger partial charge in [0.1, 0.15) is 17.0 Å². The molecular formula is C17H21N5S2. The minimum absolute atomic E-state index is 0.974. The fourth-order valence-electron chi connectivity index (χ4n) is 3.13. The molecule has 4 heterocycles. The van der Waals surface area contributed by atoms with Gasteiger partial charge >= 0.3 is 0 Å². The normalized spacial score (nSPS) is 15.9. The van der Waals surface area contributed by atoms with Crippen molar-refractivity contribution in [2.75, 3.05) is 36.0 Å². The van der Waals surface area contributed by atoms with Crippen molar-refractivity contribution in [3.63, 3.8) is 0 Å². The van der Waals surface area contributed by atoms with Crippen molar-refractivity contribution in [3.8, 4) is 0 Å². The second-order valence-corrected chi connectivity index (χ2v) is 8.03. The maximum atomic E-state index is 4.64. The Balaban J connectivity index is 1.58.